The number of alkyl halides is 3. The normalized spacial score (nSPS) is 14.7. The van der Waals surface area contributed by atoms with Gasteiger partial charge in [0.15, 0.2) is 5.78 Å². The number of rotatable bonds is 8. The quantitative estimate of drug-likeness (QED) is 0.0958. The Morgan fingerprint density at radius 2 is 1.40 bits per heavy atom. The molecule has 1 radical (unpaired) electrons. The van der Waals surface area contributed by atoms with E-state index in [1.165, 1.54) is 23.8 Å². The van der Waals surface area contributed by atoms with E-state index in [1.807, 2.05) is 82.3 Å². The maximum atomic E-state index is 13.9. The molecule has 4 nitrogen and oxygen atoms in total. The van der Waals surface area contributed by atoms with Gasteiger partial charge in [0.25, 0.3) is 0 Å². The van der Waals surface area contributed by atoms with Crippen molar-refractivity contribution in [1.82, 2.24) is 0 Å². The zero-order valence-electron chi connectivity index (χ0n) is 32.5. The number of anilines is 2. The van der Waals surface area contributed by atoms with E-state index < -0.39 is 17.9 Å². The molecule has 1 atom stereocenters. The van der Waals surface area contributed by atoms with Crippen LogP contribution in [0, 0.1) is 17.9 Å². The van der Waals surface area contributed by atoms with E-state index in [-0.39, 0.29) is 48.9 Å². The minimum atomic E-state index is -4.45. The third-order valence-electron chi connectivity index (χ3n) is 10.8. The van der Waals surface area contributed by atoms with Crippen LogP contribution in [-0.2, 0) is 36.5 Å². The molecule has 5 aromatic rings. The van der Waals surface area contributed by atoms with Crippen LogP contribution in [0.4, 0.5) is 30.2 Å². The SMILES string of the molecule is CC(C)(C)c1cc(C2[N-]c3cccc4c3N2c2ccc(C(F)(F)F)cc2-c2ccccc2-4)[c-]c2ccccc12.CCC(CC)C(=O)/C=C(\O)C(CC)CC.[Ir]. The number of para-hydroxylation sites is 1. The van der Waals surface area contributed by atoms with E-state index in [1.54, 1.807) is 6.07 Å². The number of halogens is 3. The Labute approximate surface area is 337 Å². The van der Waals surface area contributed by atoms with Crippen LogP contribution in [-0.4, -0.2) is 10.9 Å². The van der Waals surface area contributed by atoms with E-state index >= 15 is 0 Å². The number of carbonyl (C=O) groups is 1. The Kier molecular flexibility index (Phi) is 12.7. The predicted octanol–water partition coefficient (Wildman–Crippen LogP) is 14.3. The van der Waals surface area contributed by atoms with E-state index in [9.17, 15) is 23.1 Å². The van der Waals surface area contributed by atoms with Crippen molar-refractivity contribution in [2.45, 2.75) is 91.9 Å². The molecule has 7 rings (SSSR count). The summed E-state index contributed by atoms with van der Waals surface area (Å²) in [5.41, 5.74) is 6.87. The van der Waals surface area contributed by atoms with Crippen molar-refractivity contribution in [2.24, 2.45) is 11.8 Å². The van der Waals surface area contributed by atoms with Crippen LogP contribution >= 0.6 is 0 Å². The number of hydrogen-bond acceptors (Lipinski definition) is 3. The number of hydrogen-bond donors (Lipinski definition) is 1. The molecule has 2 aliphatic heterocycles. The number of carbonyl (C=O) groups excluding carboxylic acids is 1. The van der Waals surface area contributed by atoms with Gasteiger partial charge in [-0.1, -0.05) is 103 Å². The molecule has 1 N–H and O–H groups in total. The van der Waals surface area contributed by atoms with Gasteiger partial charge in [0.05, 0.1) is 11.3 Å². The number of aliphatic hydroxyl groups is 1. The first kappa shape index (κ1) is 41.8. The maximum Gasteiger partial charge on any atom is 0.416 e. The molecule has 8 heteroatoms. The first-order valence-electron chi connectivity index (χ1n) is 19.1. The molecule has 0 aromatic heterocycles. The van der Waals surface area contributed by atoms with Gasteiger partial charge in [0.2, 0.25) is 0 Å². The number of allylic oxidation sites excluding steroid dienone is 2. The van der Waals surface area contributed by atoms with E-state index in [0.717, 1.165) is 70.1 Å². The summed E-state index contributed by atoms with van der Waals surface area (Å²) in [6.07, 6.45) is -0.0167. The molecule has 2 heterocycles. The molecule has 0 bridgehead atoms. The Hall–Kier alpha value is -4.39. The van der Waals surface area contributed by atoms with Crippen LogP contribution in [0.15, 0.2) is 103 Å². The van der Waals surface area contributed by atoms with Crippen molar-refractivity contribution in [3.63, 3.8) is 0 Å². The molecule has 0 saturated carbocycles. The average molecular weight is 923 g/mol. The smallest absolute Gasteiger partial charge is 0.416 e. The van der Waals surface area contributed by atoms with E-state index in [0.29, 0.717) is 11.3 Å². The summed E-state index contributed by atoms with van der Waals surface area (Å²) in [7, 11) is 0. The predicted molar refractivity (Wildman–Crippen MR) is 216 cm³/mol. The molecule has 55 heavy (non-hydrogen) atoms. The molecule has 0 fully saturated rings. The van der Waals surface area contributed by atoms with Gasteiger partial charge < -0.3 is 15.3 Å². The molecule has 0 spiro atoms. The molecular formula is C47H49F3IrN2O2-2. The third kappa shape index (κ3) is 8.27. The fraction of sp³-hybridized carbons (Fsp3) is 0.340. The summed E-state index contributed by atoms with van der Waals surface area (Å²) in [5.74, 6) is 0.547. The fourth-order valence-electron chi connectivity index (χ4n) is 7.76. The zero-order chi connectivity index (χ0) is 38.9. The largest absolute Gasteiger partial charge is 0.661 e. The average Bonchev–Trinajstić information content (AvgIpc) is 3.49. The summed E-state index contributed by atoms with van der Waals surface area (Å²) < 4.78 is 41.7. The molecule has 0 saturated heterocycles. The summed E-state index contributed by atoms with van der Waals surface area (Å²) in [6.45, 7) is 14.6. The number of fused-ring (bicyclic) bond motifs is 6. The minimum Gasteiger partial charge on any atom is -0.661 e. The molecule has 1 unspecified atom stereocenters. The van der Waals surface area contributed by atoms with E-state index in [2.05, 4.69) is 49.9 Å². The van der Waals surface area contributed by atoms with Crippen molar-refractivity contribution in [3.05, 3.63) is 131 Å². The number of ketones is 1. The van der Waals surface area contributed by atoms with Gasteiger partial charge in [-0.15, -0.1) is 51.9 Å². The van der Waals surface area contributed by atoms with Crippen LogP contribution in [0.3, 0.4) is 0 Å². The Morgan fingerprint density at radius 1 is 0.800 bits per heavy atom. The Morgan fingerprint density at radius 3 is 2.02 bits per heavy atom. The number of aliphatic hydroxyl groups excluding tert-OH is 1. The van der Waals surface area contributed by atoms with Crippen LogP contribution in [0.5, 0.6) is 0 Å². The number of nitrogens with zero attached hydrogens (tertiary/aromatic N) is 2. The van der Waals surface area contributed by atoms with Crippen molar-refractivity contribution in [1.29, 1.82) is 0 Å². The van der Waals surface area contributed by atoms with Crippen LogP contribution < -0.4 is 4.90 Å². The van der Waals surface area contributed by atoms with Gasteiger partial charge in [-0.3, -0.25) is 4.79 Å². The van der Waals surface area contributed by atoms with Crippen molar-refractivity contribution in [3.8, 4) is 22.3 Å². The van der Waals surface area contributed by atoms with Crippen LogP contribution in [0.25, 0.3) is 38.3 Å². The second kappa shape index (κ2) is 16.8. The van der Waals surface area contributed by atoms with Crippen molar-refractivity contribution < 1.29 is 43.2 Å². The first-order valence-corrected chi connectivity index (χ1v) is 19.1. The second-order valence-electron chi connectivity index (χ2n) is 15.3. The van der Waals surface area contributed by atoms with Gasteiger partial charge in [0, 0.05) is 60.5 Å². The van der Waals surface area contributed by atoms with Gasteiger partial charge >= 0.3 is 6.18 Å². The molecule has 2 aliphatic rings. The standard InChI is InChI=1S/C34H25F3N2.C13H24O2.Ir/c1-33(2,3)28-18-21(17-20-9-4-5-10-23(20)28)32-38-29-14-8-13-26-24-11-6-7-12-25(24)27-19-22(34(35,36)37)15-16-30(27)39(32)31(26)29;1-5-10(6-2)12(14)9-13(15)11(7-3)8-4;/h4-16,18-19,32H,1-3H3;9-11,14H,5-8H2,1-4H3;/q-2;;/b;12-9-;. The zero-order valence-corrected chi connectivity index (χ0v) is 34.9. The molecule has 0 aliphatic carbocycles. The van der Waals surface area contributed by atoms with Crippen LogP contribution in [0.1, 0.15) is 97.0 Å². The molecule has 0 amide bonds. The van der Waals surface area contributed by atoms with Gasteiger partial charge in [-0.25, -0.2) is 0 Å². The van der Waals surface area contributed by atoms with E-state index in [4.69, 9.17) is 5.32 Å². The van der Waals surface area contributed by atoms with Crippen LogP contribution in [0.2, 0.25) is 0 Å². The summed E-state index contributed by atoms with van der Waals surface area (Å²) in [6, 6.07) is 31.7. The molecule has 5 aromatic carbocycles. The topological polar surface area (TPSA) is 54.6 Å². The summed E-state index contributed by atoms with van der Waals surface area (Å²) >= 11 is 0. The summed E-state index contributed by atoms with van der Waals surface area (Å²) in [4.78, 5) is 13.8. The maximum absolute atomic E-state index is 13.9. The second-order valence-corrected chi connectivity index (χ2v) is 15.3. The minimum absolute atomic E-state index is 0. The van der Waals surface area contributed by atoms with Gasteiger partial charge in [-0.2, -0.15) is 13.2 Å². The summed E-state index contributed by atoms with van der Waals surface area (Å²) in [5, 5.41) is 17.1. The van der Waals surface area contributed by atoms with Crippen molar-refractivity contribution in [2.75, 3.05) is 4.90 Å². The van der Waals surface area contributed by atoms with Gasteiger partial charge in [0.1, 0.15) is 0 Å². The molecule has 291 valence electrons. The first-order chi connectivity index (χ1) is 25.7. The number of benzene rings is 5. The monoisotopic (exact) mass is 923 g/mol. The Bertz CT molecular complexity index is 2200. The fourth-order valence-corrected chi connectivity index (χ4v) is 7.76. The van der Waals surface area contributed by atoms with Gasteiger partial charge in [-0.05, 0) is 66.6 Å². The Balaban J connectivity index is 0.000000311. The third-order valence-corrected chi connectivity index (χ3v) is 10.8. The van der Waals surface area contributed by atoms with Crippen molar-refractivity contribution >= 4 is 33.6 Å². The molecular weight excluding hydrogens is 874 g/mol.